The molecule has 1 heterocycles. The molecule has 6 N–H and O–H groups in total. The monoisotopic (exact) mass is 388 g/mol. The Hall–Kier alpha value is -3.20. The number of nitrogens with one attached hydrogen (secondary N) is 2. The van der Waals surface area contributed by atoms with Crippen molar-refractivity contribution in [2.45, 2.75) is 25.2 Å². The number of ether oxygens (including phenoxy) is 1. The van der Waals surface area contributed by atoms with Gasteiger partial charge in [-0.05, 0) is 48.9 Å². The number of halogens is 2. The largest absolute Gasteiger partial charge is 0.493 e. The van der Waals surface area contributed by atoms with Gasteiger partial charge in [-0.1, -0.05) is 12.1 Å². The van der Waals surface area contributed by atoms with Crippen LogP contribution in [-0.2, 0) is 0 Å². The number of nitrogens with zero attached hydrogens (tertiary/aromatic N) is 2. The highest BCUT2D eigenvalue weighted by Gasteiger charge is 2.30. The van der Waals surface area contributed by atoms with Gasteiger partial charge in [0.2, 0.25) is 5.96 Å². The fraction of sp³-hybridized carbons (Fsp3) is 0.263. The fourth-order valence-corrected chi connectivity index (χ4v) is 2.68. The van der Waals surface area contributed by atoms with Crippen LogP contribution in [0, 0.1) is 11.6 Å². The highest BCUT2D eigenvalue weighted by molar-refractivity contribution is 6.00. The summed E-state index contributed by atoms with van der Waals surface area (Å²) in [6.45, 7) is 2.09. The Morgan fingerprint density at radius 3 is 2.36 bits per heavy atom. The molecular weight excluding hydrogens is 366 g/mol. The van der Waals surface area contributed by atoms with Crippen molar-refractivity contribution < 1.29 is 13.5 Å². The first-order valence-electron chi connectivity index (χ1n) is 8.74. The van der Waals surface area contributed by atoms with E-state index in [2.05, 4.69) is 20.6 Å². The minimum absolute atomic E-state index is 0.119. The molecule has 0 saturated heterocycles. The van der Waals surface area contributed by atoms with Crippen LogP contribution in [0.5, 0.6) is 5.75 Å². The van der Waals surface area contributed by atoms with Crippen molar-refractivity contribution in [3.05, 3.63) is 65.7 Å². The highest BCUT2D eigenvalue weighted by atomic mass is 19.1. The van der Waals surface area contributed by atoms with E-state index >= 15 is 0 Å². The van der Waals surface area contributed by atoms with Crippen LogP contribution in [0.4, 0.5) is 8.78 Å². The first kappa shape index (κ1) is 19.6. The lowest BCUT2D eigenvalue weighted by Crippen LogP contribution is -2.65. The van der Waals surface area contributed by atoms with Crippen LogP contribution in [0.15, 0.2) is 58.5 Å². The lowest BCUT2D eigenvalue weighted by molar-refractivity contribution is 0.247. The number of benzene rings is 2. The molecule has 0 radical (unpaired) electrons. The zero-order chi connectivity index (χ0) is 20.1. The molecule has 28 heavy (non-hydrogen) atoms. The molecule has 2 atom stereocenters. The van der Waals surface area contributed by atoms with E-state index in [1.807, 2.05) is 6.92 Å². The summed E-state index contributed by atoms with van der Waals surface area (Å²) in [4.78, 5) is 8.69. The molecule has 0 bridgehead atoms. The van der Waals surface area contributed by atoms with Crippen LogP contribution in [0.25, 0.3) is 0 Å². The van der Waals surface area contributed by atoms with Gasteiger partial charge in [0.15, 0.2) is 11.7 Å². The summed E-state index contributed by atoms with van der Waals surface area (Å²) in [7, 11) is 0. The number of hydrogen-bond donors (Lipinski definition) is 4. The number of nitrogens with two attached hydrogens (primary N) is 2. The molecule has 0 spiro atoms. The quantitative estimate of drug-likeness (QED) is 0.605. The third-order valence-electron chi connectivity index (χ3n) is 4.14. The first-order chi connectivity index (χ1) is 13.3. The van der Waals surface area contributed by atoms with Crippen LogP contribution in [0.1, 0.15) is 24.9 Å². The number of hydrogen-bond acceptors (Lipinski definition) is 5. The molecule has 0 aromatic heterocycles. The summed E-state index contributed by atoms with van der Waals surface area (Å²) in [6, 6.07) is 11.5. The third kappa shape index (κ3) is 5.17. The van der Waals surface area contributed by atoms with Gasteiger partial charge in [-0.15, -0.1) is 0 Å². The molecule has 148 valence electrons. The van der Waals surface area contributed by atoms with E-state index in [0.29, 0.717) is 11.7 Å². The lowest BCUT2D eigenvalue weighted by Gasteiger charge is -2.33. The first-order valence-corrected chi connectivity index (χ1v) is 8.74. The molecule has 0 fully saturated rings. The Bertz CT molecular complexity index is 869. The molecule has 7 nitrogen and oxygen atoms in total. The Morgan fingerprint density at radius 1 is 1.11 bits per heavy atom. The van der Waals surface area contributed by atoms with E-state index in [1.54, 1.807) is 12.1 Å². The van der Waals surface area contributed by atoms with Crippen molar-refractivity contribution in [1.82, 2.24) is 10.6 Å². The fourth-order valence-electron chi connectivity index (χ4n) is 2.68. The molecule has 0 aliphatic carbocycles. The van der Waals surface area contributed by atoms with Gasteiger partial charge in [0.25, 0.3) is 0 Å². The molecule has 1 aliphatic rings. The number of guanidine groups is 2. The van der Waals surface area contributed by atoms with E-state index in [-0.39, 0.29) is 36.7 Å². The van der Waals surface area contributed by atoms with Crippen LogP contribution in [0.2, 0.25) is 0 Å². The molecule has 0 saturated carbocycles. The van der Waals surface area contributed by atoms with Gasteiger partial charge >= 0.3 is 0 Å². The standard InChI is InChI=1S/C19H22F2N6O/c1-12(13-2-4-14(20)5-3-13)24-18-25-17(22)26-19(23,27-18)10-11-28-16-8-6-15(21)7-9-16/h2-9,12H,10-11,23H2,1H3,(H4,22,24,25,26,27)/t12-,19?/m0/s1. The van der Waals surface area contributed by atoms with Crippen LogP contribution >= 0.6 is 0 Å². The highest BCUT2D eigenvalue weighted by Crippen LogP contribution is 2.18. The second kappa shape index (κ2) is 8.22. The normalized spacial score (nSPS) is 21.4. The molecule has 1 aliphatic heterocycles. The predicted molar refractivity (Wildman–Crippen MR) is 104 cm³/mol. The Labute approximate surface area is 161 Å². The van der Waals surface area contributed by atoms with Crippen molar-refractivity contribution in [2.24, 2.45) is 21.5 Å². The van der Waals surface area contributed by atoms with Gasteiger partial charge in [0.05, 0.1) is 12.6 Å². The average molecular weight is 388 g/mol. The van der Waals surface area contributed by atoms with Crippen molar-refractivity contribution in [2.75, 3.05) is 6.61 Å². The zero-order valence-electron chi connectivity index (χ0n) is 15.3. The summed E-state index contributed by atoms with van der Waals surface area (Å²) in [5, 5.41) is 5.83. The van der Waals surface area contributed by atoms with Gasteiger partial charge in [0.1, 0.15) is 17.4 Å². The van der Waals surface area contributed by atoms with Crippen molar-refractivity contribution in [3.8, 4) is 5.75 Å². The smallest absolute Gasteiger partial charge is 0.201 e. The molecule has 3 rings (SSSR count). The van der Waals surface area contributed by atoms with Gasteiger partial charge in [-0.25, -0.2) is 18.8 Å². The number of aliphatic imine (C=N–C) groups is 2. The molecule has 2 aromatic carbocycles. The van der Waals surface area contributed by atoms with Crippen LogP contribution < -0.4 is 26.8 Å². The van der Waals surface area contributed by atoms with Crippen molar-refractivity contribution in [1.29, 1.82) is 0 Å². The molecule has 9 heteroatoms. The third-order valence-corrected chi connectivity index (χ3v) is 4.14. The second-order valence-corrected chi connectivity index (χ2v) is 6.43. The summed E-state index contributed by atoms with van der Waals surface area (Å²) < 4.78 is 31.6. The summed E-state index contributed by atoms with van der Waals surface area (Å²) >= 11 is 0. The SMILES string of the molecule is C[C@H](N=C1NC(N)=NC(N)(CCOc2ccc(F)cc2)N1)c1ccc(F)cc1. The van der Waals surface area contributed by atoms with E-state index in [9.17, 15) is 8.78 Å². The maximum atomic E-state index is 13.1. The van der Waals surface area contributed by atoms with Gasteiger partial charge < -0.3 is 15.8 Å². The van der Waals surface area contributed by atoms with Crippen LogP contribution in [-0.4, -0.2) is 24.3 Å². The Morgan fingerprint density at radius 2 is 1.71 bits per heavy atom. The van der Waals surface area contributed by atoms with E-state index in [1.165, 1.54) is 36.4 Å². The predicted octanol–water partition coefficient (Wildman–Crippen LogP) is 1.97. The average Bonchev–Trinajstić information content (AvgIpc) is 2.63. The minimum Gasteiger partial charge on any atom is -0.493 e. The van der Waals surface area contributed by atoms with Crippen molar-refractivity contribution >= 4 is 11.9 Å². The lowest BCUT2D eigenvalue weighted by atomic mass is 10.1. The maximum Gasteiger partial charge on any atom is 0.201 e. The Balaban J connectivity index is 1.64. The van der Waals surface area contributed by atoms with E-state index in [4.69, 9.17) is 16.2 Å². The van der Waals surface area contributed by atoms with Gasteiger partial charge in [-0.3, -0.25) is 11.1 Å². The Kier molecular flexibility index (Phi) is 5.74. The minimum atomic E-state index is -1.21. The molecule has 2 aromatic rings. The molecule has 1 unspecified atom stereocenters. The topological polar surface area (TPSA) is 110 Å². The van der Waals surface area contributed by atoms with E-state index in [0.717, 1.165) is 5.56 Å². The van der Waals surface area contributed by atoms with Crippen LogP contribution in [0.3, 0.4) is 0 Å². The summed E-state index contributed by atoms with van der Waals surface area (Å²) in [5.74, 6) is -0.861. The van der Waals surface area contributed by atoms with Crippen molar-refractivity contribution in [3.63, 3.8) is 0 Å². The van der Waals surface area contributed by atoms with E-state index < -0.39 is 5.79 Å². The maximum absolute atomic E-state index is 13.1. The van der Waals surface area contributed by atoms with Gasteiger partial charge in [-0.2, -0.15) is 0 Å². The summed E-state index contributed by atoms with van der Waals surface area (Å²) in [5.41, 5.74) is 12.9. The van der Waals surface area contributed by atoms with Gasteiger partial charge in [0, 0.05) is 6.42 Å². The summed E-state index contributed by atoms with van der Waals surface area (Å²) in [6.07, 6.45) is 0.288. The molecular formula is C19H22F2N6O. The molecule has 0 amide bonds. The zero-order valence-corrected chi connectivity index (χ0v) is 15.3. The second-order valence-electron chi connectivity index (χ2n) is 6.43. The number of rotatable bonds is 6.